The third-order valence-electron chi connectivity index (χ3n) is 3.85. The Kier molecular flexibility index (Phi) is 7.59. The maximum Gasteiger partial charge on any atom is 0.344 e. The van der Waals surface area contributed by atoms with E-state index in [1.165, 1.54) is 19.3 Å². The maximum absolute atomic E-state index is 12.3. The molecule has 1 aliphatic rings. The predicted octanol–water partition coefficient (Wildman–Crippen LogP) is 3.50. The van der Waals surface area contributed by atoms with Crippen molar-refractivity contribution in [2.75, 3.05) is 13.7 Å². The first-order valence-electron chi connectivity index (χ1n) is 8.90. The molecule has 30 heavy (non-hydrogen) atoms. The van der Waals surface area contributed by atoms with Gasteiger partial charge in [-0.25, -0.2) is 9.79 Å². The van der Waals surface area contributed by atoms with E-state index in [1.54, 1.807) is 13.8 Å². The number of carbonyl (C=O) groups is 2. The zero-order valence-corrected chi connectivity index (χ0v) is 17.3. The first kappa shape index (κ1) is 22.9. The Morgan fingerprint density at radius 2 is 2.00 bits per heavy atom. The number of amides is 1. The fraction of sp³-hybridized carbons (Fsp3) is 0.316. The number of phenols is 1. The van der Waals surface area contributed by atoms with Gasteiger partial charge in [-0.05, 0) is 31.1 Å². The number of esters is 1. The Labute approximate surface area is 176 Å². The van der Waals surface area contributed by atoms with Crippen molar-refractivity contribution in [1.82, 2.24) is 0 Å². The number of nitrogens with zero attached hydrogens (tertiary/aromatic N) is 2. The van der Waals surface area contributed by atoms with Crippen LogP contribution in [-0.4, -0.2) is 45.8 Å². The van der Waals surface area contributed by atoms with Crippen LogP contribution in [0.15, 0.2) is 33.4 Å². The van der Waals surface area contributed by atoms with Gasteiger partial charge in [0.1, 0.15) is 16.4 Å². The molecule has 1 amide bonds. The van der Waals surface area contributed by atoms with Crippen molar-refractivity contribution in [3.63, 3.8) is 0 Å². The molecule has 0 aromatic heterocycles. The second-order valence-corrected chi connectivity index (χ2v) is 6.99. The van der Waals surface area contributed by atoms with Crippen LogP contribution in [0.2, 0.25) is 0 Å². The van der Waals surface area contributed by atoms with Crippen molar-refractivity contribution in [2.45, 2.75) is 26.7 Å². The summed E-state index contributed by atoms with van der Waals surface area (Å²) in [5.41, 5.74) is -0.627. The monoisotopic (exact) mass is 436 g/mol. The highest BCUT2D eigenvalue weighted by Gasteiger charge is 2.34. The quantitative estimate of drug-likeness (QED) is 0.372. The van der Waals surface area contributed by atoms with E-state index in [1.807, 2.05) is 0 Å². The molecule has 1 heterocycles. The van der Waals surface area contributed by atoms with Gasteiger partial charge in [0.05, 0.1) is 23.5 Å². The maximum atomic E-state index is 12.3. The summed E-state index contributed by atoms with van der Waals surface area (Å²) >= 11 is 0.854. The zero-order valence-electron chi connectivity index (χ0n) is 16.5. The molecular weight excluding hydrogens is 416 g/mol. The van der Waals surface area contributed by atoms with Gasteiger partial charge in [-0.15, -0.1) is 0 Å². The van der Waals surface area contributed by atoms with Gasteiger partial charge in [-0.1, -0.05) is 18.7 Å². The number of aliphatic hydroxyl groups excluding tert-OH is 1. The van der Waals surface area contributed by atoms with E-state index in [4.69, 9.17) is 9.47 Å². The Bertz CT molecular complexity index is 981. The first-order valence-corrected chi connectivity index (χ1v) is 9.72. The zero-order chi connectivity index (χ0) is 22.4. The van der Waals surface area contributed by atoms with Gasteiger partial charge in [-0.3, -0.25) is 14.9 Å². The van der Waals surface area contributed by atoms with Crippen molar-refractivity contribution < 1.29 is 34.2 Å². The molecule has 2 rings (SSSR count). The van der Waals surface area contributed by atoms with E-state index >= 15 is 0 Å². The SMILES string of the molecule is CCCC(=O)N=C1S/C(=C\c2cc(OC)c(O)c([N+](=O)[O-])c2)C(O)=C1C(=O)OCC. The molecule has 0 bridgehead atoms. The van der Waals surface area contributed by atoms with Gasteiger partial charge in [0.15, 0.2) is 5.75 Å². The van der Waals surface area contributed by atoms with Crippen LogP contribution in [0.3, 0.4) is 0 Å². The number of phenolic OH excluding ortho intramolecular Hbond substituents is 1. The molecule has 0 saturated heterocycles. The van der Waals surface area contributed by atoms with Crippen LogP contribution in [0.25, 0.3) is 6.08 Å². The lowest BCUT2D eigenvalue weighted by molar-refractivity contribution is -0.386. The number of methoxy groups -OCH3 is 1. The standard InChI is InChI=1S/C19H20N2O8S/c1-4-6-14(22)20-18-15(19(25)29-5-2)17(24)13(30-18)9-10-7-11(21(26)27)16(23)12(8-10)28-3/h7-9,23-24H,4-6H2,1-3H3/b13-9-,20-18?. The summed E-state index contributed by atoms with van der Waals surface area (Å²) in [5, 5.41) is 31.6. The molecule has 0 atom stereocenters. The highest BCUT2D eigenvalue weighted by molar-refractivity contribution is 8.18. The van der Waals surface area contributed by atoms with E-state index in [9.17, 15) is 29.9 Å². The molecular formula is C19H20N2O8S. The summed E-state index contributed by atoms with van der Waals surface area (Å²) in [7, 11) is 1.24. The largest absolute Gasteiger partial charge is 0.506 e. The molecule has 2 N–H and O–H groups in total. The molecule has 160 valence electrons. The highest BCUT2D eigenvalue weighted by Crippen LogP contribution is 2.42. The third-order valence-corrected chi connectivity index (χ3v) is 4.87. The molecule has 11 heteroatoms. The summed E-state index contributed by atoms with van der Waals surface area (Å²) < 4.78 is 9.89. The van der Waals surface area contributed by atoms with Crippen molar-refractivity contribution >= 4 is 40.4 Å². The molecule has 1 aromatic carbocycles. The molecule has 0 saturated carbocycles. The second kappa shape index (κ2) is 9.92. The number of thioether (sulfide) groups is 1. The lowest BCUT2D eigenvalue weighted by Crippen LogP contribution is -2.14. The third kappa shape index (κ3) is 4.98. The van der Waals surface area contributed by atoms with Crippen LogP contribution >= 0.6 is 11.8 Å². The number of nitro groups is 1. The minimum absolute atomic E-state index is 0.0177. The van der Waals surface area contributed by atoms with E-state index in [-0.39, 0.29) is 39.9 Å². The van der Waals surface area contributed by atoms with E-state index in [0.717, 1.165) is 17.8 Å². The van der Waals surface area contributed by atoms with E-state index < -0.39 is 34.0 Å². The number of nitro benzene ring substituents is 1. The minimum Gasteiger partial charge on any atom is -0.506 e. The molecule has 0 aliphatic carbocycles. The van der Waals surface area contributed by atoms with Crippen LogP contribution in [0.5, 0.6) is 11.5 Å². The summed E-state index contributed by atoms with van der Waals surface area (Å²) in [5.74, 6) is -2.54. The number of aliphatic hydroxyl groups is 1. The lowest BCUT2D eigenvalue weighted by atomic mass is 10.1. The number of hydrogen-bond donors (Lipinski definition) is 2. The molecule has 0 unspecified atom stereocenters. The van der Waals surface area contributed by atoms with Crippen molar-refractivity contribution in [3.8, 4) is 11.5 Å². The first-order chi connectivity index (χ1) is 14.2. The fourth-order valence-electron chi connectivity index (χ4n) is 2.52. The fourth-order valence-corrected chi connectivity index (χ4v) is 3.55. The van der Waals surface area contributed by atoms with Gasteiger partial charge in [-0.2, -0.15) is 0 Å². The van der Waals surface area contributed by atoms with Gasteiger partial charge in [0.25, 0.3) is 0 Å². The number of aliphatic imine (C=N–C) groups is 1. The average Bonchev–Trinajstić information content (AvgIpc) is 2.97. The van der Waals surface area contributed by atoms with Gasteiger partial charge < -0.3 is 19.7 Å². The molecule has 0 radical (unpaired) electrons. The minimum atomic E-state index is -0.844. The number of hydrogen-bond acceptors (Lipinski definition) is 9. The summed E-state index contributed by atoms with van der Waals surface area (Å²) in [6.07, 6.45) is 2.08. The van der Waals surface area contributed by atoms with Crippen molar-refractivity contribution in [3.05, 3.63) is 44.0 Å². The second-order valence-electron chi connectivity index (χ2n) is 5.96. The Balaban J connectivity index is 2.57. The molecule has 10 nitrogen and oxygen atoms in total. The molecule has 0 spiro atoms. The smallest absolute Gasteiger partial charge is 0.344 e. The van der Waals surface area contributed by atoms with Crippen molar-refractivity contribution in [1.29, 1.82) is 0 Å². The Morgan fingerprint density at radius 3 is 2.57 bits per heavy atom. The summed E-state index contributed by atoms with van der Waals surface area (Å²) in [4.78, 5) is 38.6. The van der Waals surface area contributed by atoms with E-state index in [2.05, 4.69) is 4.99 Å². The van der Waals surface area contributed by atoms with Crippen LogP contribution in [0, 0.1) is 10.1 Å². The summed E-state index contributed by atoms with van der Waals surface area (Å²) in [6.45, 7) is 3.45. The molecule has 0 fully saturated rings. The van der Waals surface area contributed by atoms with Gasteiger partial charge >= 0.3 is 11.7 Å². The number of rotatable bonds is 7. The Hall–Kier alpha value is -3.34. The topological polar surface area (TPSA) is 149 Å². The summed E-state index contributed by atoms with van der Waals surface area (Å²) in [6, 6.07) is 2.41. The van der Waals surface area contributed by atoms with Gasteiger partial charge in [0.2, 0.25) is 11.7 Å². The van der Waals surface area contributed by atoms with Crippen LogP contribution < -0.4 is 4.74 Å². The van der Waals surface area contributed by atoms with Crippen molar-refractivity contribution in [2.24, 2.45) is 4.99 Å². The van der Waals surface area contributed by atoms with Gasteiger partial charge in [0, 0.05) is 12.5 Å². The molecule has 1 aromatic rings. The number of carbonyl (C=O) groups excluding carboxylic acids is 2. The van der Waals surface area contributed by atoms with Crippen LogP contribution in [0.4, 0.5) is 5.69 Å². The average molecular weight is 436 g/mol. The molecule has 1 aliphatic heterocycles. The van der Waals surface area contributed by atoms with E-state index in [0.29, 0.717) is 6.42 Å². The van der Waals surface area contributed by atoms with Crippen LogP contribution in [0.1, 0.15) is 32.3 Å². The predicted molar refractivity (Wildman–Crippen MR) is 111 cm³/mol. The van der Waals surface area contributed by atoms with Crippen LogP contribution in [-0.2, 0) is 14.3 Å². The highest BCUT2D eigenvalue weighted by atomic mass is 32.2. The normalized spacial score (nSPS) is 16.2. The number of benzene rings is 1. The number of ether oxygens (including phenoxy) is 2. The number of aromatic hydroxyl groups is 1. The Morgan fingerprint density at radius 1 is 1.30 bits per heavy atom. The lowest BCUT2D eigenvalue weighted by Gasteiger charge is -2.06.